The number of fused-ring (bicyclic) bond motifs is 2. The lowest BCUT2D eigenvalue weighted by molar-refractivity contribution is -0.144. The van der Waals surface area contributed by atoms with Gasteiger partial charge in [-0.25, -0.2) is 0 Å². The molecule has 14 heteroatoms. The van der Waals surface area contributed by atoms with Gasteiger partial charge in [0.15, 0.2) is 0 Å². The van der Waals surface area contributed by atoms with Crippen molar-refractivity contribution in [3.05, 3.63) is 65.4 Å². The highest BCUT2D eigenvalue weighted by Gasteiger charge is 2.46. The summed E-state index contributed by atoms with van der Waals surface area (Å²) in [5, 5.41) is 2.93. The molecule has 5 rings (SSSR count). The van der Waals surface area contributed by atoms with E-state index in [-0.39, 0.29) is 40.9 Å². The molecular weight excluding hydrogens is 631 g/mol. The molecule has 0 aliphatic carbocycles. The fourth-order valence-electron chi connectivity index (χ4n) is 6.34. The SMILES string of the molecule is CC(=O)N1CC[C@H]2CC[C@@H](C(=O)N(C)c3ccc(C(C)(C)C)cc3)N2C(=O)[C@@H](NC(=O)c2cc3cc(C(F)(F)P(O)O)ccc3[nH]2)C1. The monoisotopic (exact) mass is 671 g/mol. The normalized spacial score (nSPS) is 20.6. The van der Waals surface area contributed by atoms with Crippen molar-refractivity contribution in [3.63, 3.8) is 0 Å². The van der Waals surface area contributed by atoms with E-state index in [1.807, 2.05) is 24.3 Å². The van der Waals surface area contributed by atoms with Crippen LogP contribution in [-0.4, -0.2) is 86.5 Å². The Morgan fingerprint density at radius 1 is 1.00 bits per heavy atom. The van der Waals surface area contributed by atoms with Crippen LogP contribution < -0.4 is 10.2 Å². The Kier molecular flexibility index (Phi) is 9.47. The fraction of sp³-hybridized carbons (Fsp3) is 0.455. The Morgan fingerprint density at radius 2 is 1.66 bits per heavy atom. The average Bonchev–Trinajstić information content (AvgIpc) is 3.64. The molecule has 3 heterocycles. The molecule has 47 heavy (non-hydrogen) atoms. The van der Waals surface area contributed by atoms with Crippen LogP contribution in [0.25, 0.3) is 10.9 Å². The van der Waals surface area contributed by atoms with E-state index in [0.717, 1.165) is 17.7 Å². The number of aromatic amines is 1. The van der Waals surface area contributed by atoms with Crippen molar-refractivity contribution in [1.82, 2.24) is 20.1 Å². The fourth-order valence-corrected chi connectivity index (χ4v) is 6.71. The quantitative estimate of drug-likeness (QED) is 0.290. The lowest BCUT2D eigenvalue weighted by Crippen LogP contribution is -2.61. The number of nitrogens with zero attached hydrogens (tertiary/aromatic N) is 3. The first-order chi connectivity index (χ1) is 22.0. The van der Waals surface area contributed by atoms with Gasteiger partial charge in [0.1, 0.15) is 17.8 Å². The third-order valence-corrected chi connectivity index (χ3v) is 9.90. The first-order valence-corrected chi connectivity index (χ1v) is 16.7. The maximum absolute atomic E-state index is 14.2. The van der Waals surface area contributed by atoms with Crippen molar-refractivity contribution in [2.45, 2.75) is 76.2 Å². The summed E-state index contributed by atoms with van der Waals surface area (Å²) in [7, 11) is -1.90. The van der Waals surface area contributed by atoms with Crippen molar-refractivity contribution >= 4 is 48.6 Å². The van der Waals surface area contributed by atoms with E-state index in [9.17, 15) is 28.0 Å². The minimum atomic E-state index is -3.87. The van der Waals surface area contributed by atoms with E-state index in [1.54, 1.807) is 16.8 Å². The average molecular weight is 672 g/mol. The smallest absolute Gasteiger partial charge is 0.339 e. The lowest BCUT2D eigenvalue weighted by atomic mass is 9.87. The number of halogens is 2. The van der Waals surface area contributed by atoms with E-state index in [4.69, 9.17) is 9.79 Å². The predicted molar refractivity (Wildman–Crippen MR) is 174 cm³/mol. The number of hydrogen-bond acceptors (Lipinski definition) is 6. The largest absolute Gasteiger partial charge is 0.351 e. The van der Waals surface area contributed by atoms with Crippen molar-refractivity contribution in [1.29, 1.82) is 0 Å². The molecular formula is C33H40F2N5O6P. The first-order valence-electron chi connectivity index (χ1n) is 15.4. The Labute approximate surface area is 272 Å². The van der Waals surface area contributed by atoms with Gasteiger partial charge in [-0.05, 0) is 60.6 Å². The summed E-state index contributed by atoms with van der Waals surface area (Å²) in [6.07, 6.45) is 1.47. The summed E-state index contributed by atoms with van der Waals surface area (Å²) < 4.78 is 28.5. The number of anilines is 1. The van der Waals surface area contributed by atoms with Gasteiger partial charge in [0.2, 0.25) is 26.1 Å². The number of H-pyrrole nitrogens is 1. The molecule has 0 unspecified atom stereocenters. The molecule has 2 aliphatic heterocycles. The van der Waals surface area contributed by atoms with E-state index >= 15 is 0 Å². The number of rotatable bonds is 6. The molecule has 2 aliphatic rings. The second-order valence-corrected chi connectivity index (χ2v) is 14.4. The van der Waals surface area contributed by atoms with Gasteiger partial charge in [0, 0.05) is 55.3 Å². The zero-order valence-corrected chi connectivity index (χ0v) is 27.9. The number of alkyl halides is 2. The molecule has 2 saturated heterocycles. The zero-order chi connectivity index (χ0) is 34.4. The van der Waals surface area contributed by atoms with Crippen LogP contribution in [0.3, 0.4) is 0 Å². The predicted octanol–water partition coefficient (Wildman–Crippen LogP) is 4.18. The number of amides is 4. The van der Waals surface area contributed by atoms with Gasteiger partial charge in [-0.2, -0.15) is 8.78 Å². The summed E-state index contributed by atoms with van der Waals surface area (Å²) in [6, 6.07) is 10.2. The summed E-state index contributed by atoms with van der Waals surface area (Å²) in [4.78, 5) is 79.8. The van der Waals surface area contributed by atoms with Gasteiger partial charge in [-0.1, -0.05) is 39.0 Å². The third-order valence-electron chi connectivity index (χ3n) is 9.14. The Bertz CT molecular complexity index is 1690. The van der Waals surface area contributed by atoms with E-state index in [2.05, 4.69) is 31.1 Å². The minimum Gasteiger partial charge on any atom is -0.351 e. The summed E-state index contributed by atoms with van der Waals surface area (Å²) in [5.74, 6) is -1.71. The first kappa shape index (κ1) is 34.4. The molecule has 252 valence electrons. The number of carbonyl (C=O) groups is 4. The molecule has 0 bridgehead atoms. The second-order valence-electron chi connectivity index (χ2n) is 13.3. The highest BCUT2D eigenvalue weighted by Crippen LogP contribution is 2.52. The van der Waals surface area contributed by atoms with E-state index in [1.165, 1.54) is 24.0 Å². The Hall–Kier alpha value is -3.93. The second kappa shape index (κ2) is 12.9. The number of nitrogens with one attached hydrogen (secondary N) is 2. The van der Waals surface area contributed by atoms with Gasteiger partial charge in [-0.15, -0.1) is 0 Å². The van der Waals surface area contributed by atoms with Crippen molar-refractivity contribution < 1.29 is 37.7 Å². The summed E-state index contributed by atoms with van der Waals surface area (Å²) >= 11 is 0. The summed E-state index contributed by atoms with van der Waals surface area (Å²) in [6.45, 7) is 7.93. The Balaban J connectivity index is 1.39. The van der Waals surface area contributed by atoms with Crippen LogP contribution in [0, 0.1) is 0 Å². The number of aromatic nitrogens is 1. The topological polar surface area (TPSA) is 146 Å². The standard InChI is InChI=1S/C33H40F2N5O6P/c1-19(41)39-15-14-24-11-13-28(31(44)38(5)23-9-6-21(7-10-23)32(2,3)4)40(24)30(43)27(18-39)37-29(42)26-17-20-16-22(8-12-25(20)36-26)33(34,35)47(45)46/h6-10,12,16-17,24,27-28,36,45-46H,11,13-15,18H2,1-5H3,(H,37,42)/t24-,27+,28+/m1/s1. The van der Waals surface area contributed by atoms with Gasteiger partial charge in [0.25, 0.3) is 5.91 Å². The van der Waals surface area contributed by atoms with Gasteiger partial charge in [0.05, 0.1) is 0 Å². The van der Waals surface area contributed by atoms with Gasteiger partial charge < -0.3 is 34.8 Å². The van der Waals surface area contributed by atoms with Crippen LogP contribution in [0.15, 0.2) is 48.5 Å². The highest BCUT2D eigenvalue weighted by molar-refractivity contribution is 7.46. The molecule has 0 spiro atoms. The van der Waals surface area contributed by atoms with Crippen LogP contribution in [0.5, 0.6) is 0 Å². The number of carbonyl (C=O) groups excluding carboxylic acids is 4. The van der Waals surface area contributed by atoms with Crippen LogP contribution in [-0.2, 0) is 25.5 Å². The molecule has 0 radical (unpaired) electrons. The molecule has 1 aromatic heterocycles. The maximum Gasteiger partial charge on any atom is 0.339 e. The molecule has 2 aromatic carbocycles. The lowest BCUT2D eigenvalue weighted by Gasteiger charge is -2.39. The minimum absolute atomic E-state index is 0.0241. The van der Waals surface area contributed by atoms with Crippen molar-refractivity contribution in [2.24, 2.45) is 0 Å². The van der Waals surface area contributed by atoms with Crippen LogP contribution in [0.2, 0.25) is 0 Å². The number of hydrogen-bond donors (Lipinski definition) is 4. The Morgan fingerprint density at radius 3 is 2.28 bits per heavy atom. The van der Waals surface area contributed by atoms with E-state index < -0.39 is 43.5 Å². The molecule has 11 nitrogen and oxygen atoms in total. The van der Waals surface area contributed by atoms with E-state index in [0.29, 0.717) is 37.0 Å². The van der Waals surface area contributed by atoms with Crippen LogP contribution in [0.4, 0.5) is 14.5 Å². The maximum atomic E-state index is 14.2. The van der Waals surface area contributed by atoms with Crippen LogP contribution >= 0.6 is 8.38 Å². The molecule has 2 fully saturated rings. The van der Waals surface area contributed by atoms with Gasteiger partial charge >= 0.3 is 5.66 Å². The van der Waals surface area contributed by atoms with Crippen molar-refractivity contribution in [2.75, 3.05) is 25.0 Å². The number of benzene rings is 2. The molecule has 4 N–H and O–H groups in total. The number of likely N-dealkylation sites (N-methyl/N-ethyl adjacent to an activating group) is 1. The molecule has 3 aromatic rings. The van der Waals surface area contributed by atoms with Gasteiger partial charge in [-0.3, -0.25) is 19.2 Å². The van der Waals surface area contributed by atoms with Crippen LogP contribution in [0.1, 0.15) is 68.6 Å². The van der Waals surface area contributed by atoms with Crippen molar-refractivity contribution in [3.8, 4) is 0 Å². The third kappa shape index (κ3) is 6.88. The zero-order valence-electron chi connectivity index (χ0n) is 27.0. The summed E-state index contributed by atoms with van der Waals surface area (Å²) in [5.41, 5.74) is -2.42. The molecule has 0 saturated carbocycles. The molecule has 3 atom stereocenters. The highest BCUT2D eigenvalue weighted by atomic mass is 31.2. The molecule has 4 amide bonds.